The smallest absolute Gasteiger partial charge is 0.328 e. The van der Waals surface area contributed by atoms with Crippen molar-refractivity contribution < 1.29 is 33.5 Å². The molecule has 4 fully saturated rings. The van der Waals surface area contributed by atoms with Gasteiger partial charge in [-0.2, -0.15) is 0 Å². The Hall–Kier alpha value is -3.99. The molecule has 1 aromatic carbocycles. The first-order valence-electron chi connectivity index (χ1n) is 18.5. The standard InChI is InChI=1S/C39H47ClN4O7/c1-4-51-37(49)32-20-23(2)30-12-10-25-15-19-41(33(25)36(48)44(30)32)35(47)31-13-11-28-14-17-39(38(50)43(28)31)16-7-18-42(39)34(46)27(21-24(3)45)22-26-8-5-6-9-29(26)40/h5-6,8-10,12,14,17,23,25,27-28,30-33H,4,7,11,13,15-16,18-22H2,1-3H3/t23-,25+,27+,28+,30+,31+,32+,33+,39-/m1/s1. The first-order chi connectivity index (χ1) is 24.5. The van der Waals surface area contributed by atoms with Gasteiger partial charge in [0.1, 0.15) is 29.4 Å². The van der Waals surface area contributed by atoms with Gasteiger partial charge in [0.15, 0.2) is 0 Å². The third kappa shape index (κ3) is 5.99. The second-order valence-corrected chi connectivity index (χ2v) is 15.6. The SMILES string of the molecule is CCOC(=O)[C@@H]1C[C@@H](C)[C@@H]2C=C[C@H]3CCN(C(=O)[C@@H]4CC[C@H]5C=C[C@]6(CCCN6C(=O)[C@@H](CC(C)=O)Cc6ccccc6Cl)C(=O)N54)[C@@H]3C(=O)N12. The number of rotatable bonds is 8. The summed E-state index contributed by atoms with van der Waals surface area (Å²) in [4.78, 5) is 90.1. The fourth-order valence-corrected chi connectivity index (χ4v) is 9.93. The molecule has 0 aromatic heterocycles. The van der Waals surface area contributed by atoms with Gasteiger partial charge in [0.25, 0.3) is 5.91 Å². The lowest BCUT2D eigenvalue weighted by Crippen LogP contribution is -2.64. The summed E-state index contributed by atoms with van der Waals surface area (Å²) in [7, 11) is 0. The Balaban J connectivity index is 1.14. The summed E-state index contributed by atoms with van der Waals surface area (Å²) in [6.07, 6.45) is 11.3. The molecule has 9 atom stereocenters. The molecular weight excluding hydrogens is 672 g/mol. The average molecular weight is 719 g/mol. The number of hydrogen-bond acceptors (Lipinski definition) is 7. The van der Waals surface area contributed by atoms with Crippen molar-refractivity contribution in [3.05, 3.63) is 59.2 Å². The van der Waals surface area contributed by atoms with Gasteiger partial charge < -0.3 is 29.1 Å². The van der Waals surface area contributed by atoms with Crippen molar-refractivity contribution in [2.75, 3.05) is 19.7 Å². The maximum atomic E-state index is 14.8. The Kier molecular flexibility index (Phi) is 9.62. The maximum absolute atomic E-state index is 14.8. The molecule has 1 aromatic rings. The van der Waals surface area contributed by atoms with Crippen molar-refractivity contribution in [2.45, 2.75) is 108 Å². The molecule has 4 amide bonds. The number of likely N-dealkylation sites (tertiary alicyclic amines) is 2. The third-order valence-electron chi connectivity index (χ3n) is 12.1. The van der Waals surface area contributed by atoms with Crippen LogP contribution in [0.5, 0.6) is 0 Å². The Labute approximate surface area is 303 Å². The van der Waals surface area contributed by atoms with Crippen LogP contribution >= 0.6 is 11.6 Å². The van der Waals surface area contributed by atoms with Crippen LogP contribution in [0.2, 0.25) is 5.02 Å². The van der Waals surface area contributed by atoms with E-state index in [1.807, 2.05) is 49.4 Å². The minimum Gasteiger partial charge on any atom is -0.464 e. The number of esters is 1. The van der Waals surface area contributed by atoms with Gasteiger partial charge in [-0.05, 0) is 76.3 Å². The number of carbonyl (C=O) groups excluding carboxylic acids is 6. The van der Waals surface area contributed by atoms with Crippen LogP contribution in [0.3, 0.4) is 0 Å². The molecule has 7 rings (SSSR count). The molecule has 4 saturated heterocycles. The summed E-state index contributed by atoms with van der Waals surface area (Å²) in [5.74, 6) is -2.45. The van der Waals surface area contributed by atoms with Crippen molar-refractivity contribution in [1.29, 1.82) is 0 Å². The van der Waals surface area contributed by atoms with Gasteiger partial charge >= 0.3 is 5.97 Å². The normalized spacial score (nSPS) is 33.0. The Morgan fingerprint density at radius 2 is 1.78 bits per heavy atom. The van der Waals surface area contributed by atoms with Crippen LogP contribution in [0.1, 0.15) is 71.3 Å². The highest BCUT2D eigenvalue weighted by molar-refractivity contribution is 6.31. The minimum atomic E-state index is -1.26. The highest BCUT2D eigenvalue weighted by Crippen LogP contribution is 2.44. The average Bonchev–Trinajstić information content (AvgIpc) is 3.88. The highest BCUT2D eigenvalue weighted by Gasteiger charge is 2.59. The molecule has 272 valence electrons. The van der Waals surface area contributed by atoms with Gasteiger partial charge in [-0.25, -0.2) is 4.79 Å². The Bertz CT molecular complexity index is 1690. The quantitative estimate of drug-likeness (QED) is 0.297. The molecule has 0 N–H and O–H groups in total. The van der Waals surface area contributed by atoms with Crippen LogP contribution in [0, 0.1) is 17.8 Å². The van der Waals surface area contributed by atoms with Gasteiger partial charge in [-0.3, -0.25) is 19.2 Å². The monoisotopic (exact) mass is 718 g/mol. The van der Waals surface area contributed by atoms with Crippen LogP contribution in [0.25, 0.3) is 0 Å². The lowest BCUT2D eigenvalue weighted by molar-refractivity contribution is -0.159. The summed E-state index contributed by atoms with van der Waals surface area (Å²) < 4.78 is 5.35. The van der Waals surface area contributed by atoms with Gasteiger partial charge in [0.2, 0.25) is 17.7 Å². The highest BCUT2D eigenvalue weighted by atomic mass is 35.5. The molecule has 1 spiro atoms. The number of nitrogens with zero attached hydrogens (tertiary/aromatic N) is 4. The van der Waals surface area contributed by atoms with E-state index in [2.05, 4.69) is 0 Å². The zero-order chi connectivity index (χ0) is 36.2. The number of ether oxygens (including phenoxy) is 1. The number of halogens is 1. The summed E-state index contributed by atoms with van der Waals surface area (Å²) in [5, 5.41) is 0.517. The van der Waals surface area contributed by atoms with Crippen LogP contribution in [-0.2, 0) is 39.9 Å². The van der Waals surface area contributed by atoms with Crippen LogP contribution < -0.4 is 0 Å². The van der Waals surface area contributed by atoms with Gasteiger partial charge in [-0.15, -0.1) is 0 Å². The zero-order valence-electron chi connectivity index (χ0n) is 29.5. The fraction of sp³-hybridized carbons (Fsp3) is 0.590. The van der Waals surface area contributed by atoms with Crippen LogP contribution in [0.4, 0.5) is 0 Å². The molecule has 12 heteroatoms. The molecule has 0 aliphatic carbocycles. The number of fused-ring (bicyclic) bond motifs is 3. The molecule has 6 aliphatic rings. The zero-order valence-corrected chi connectivity index (χ0v) is 30.3. The maximum Gasteiger partial charge on any atom is 0.328 e. The van der Waals surface area contributed by atoms with Crippen molar-refractivity contribution in [3.8, 4) is 0 Å². The van der Waals surface area contributed by atoms with E-state index in [0.717, 1.165) is 5.56 Å². The molecule has 0 unspecified atom stereocenters. The van der Waals surface area contributed by atoms with Crippen molar-refractivity contribution >= 4 is 47.0 Å². The lowest BCUT2D eigenvalue weighted by atomic mass is 9.86. The van der Waals surface area contributed by atoms with E-state index in [9.17, 15) is 28.8 Å². The molecule has 6 aliphatic heterocycles. The molecule has 6 heterocycles. The first-order valence-corrected chi connectivity index (χ1v) is 18.9. The third-order valence-corrected chi connectivity index (χ3v) is 12.5. The van der Waals surface area contributed by atoms with E-state index in [-0.39, 0.29) is 72.8 Å². The molecule has 0 bridgehead atoms. The number of carbonyl (C=O) groups is 6. The number of ketones is 1. The topological polar surface area (TPSA) is 125 Å². The van der Waals surface area contributed by atoms with Crippen molar-refractivity contribution in [1.82, 2.24) is 19.6 Å². The van der Waals surface area contributed by atoms with E-state index < -0.39 is 35.6 Å². The predicted octanol–water partition coefficient (Wildman–Crippen LogP) is 3.72. The van der Waals surface area contributed by atoms with E-state index in [1.54, 1.807) is 32.6 Å². The first kappa shape index (κ1) is 35.4. The van der Waals surface area contributed by atoms with E-state index in [4.69, 9.17) is 16.3 Å². The number of Topliss-reactive ketones (excluding diaryl/α,β-unsaturated/α-hetero) is 1. The summed E-state index contributed by atoms with van der Waals surface area (Å²) >= 11 is 6.46. The lowest BCUT2D eigenvalue weighted by Gasteiger charge is -2.45. The summed E-state index contributed by atoms with van der Waals surface area (Å²) in [6.45, 7) is 6.17. The number of hydrogen-bond donors (Lipinski definition) is 0. The Morgan fingerprint density at radius 1 is 1.00 bits per heavy atom. The van der Waals surface area contributed by atoms with Gasteiger partial charge in [-0.1, -0.05) is 61.0 Å². The summed E-state index contributed by atoms with van der Waals surface area (Å²) in [6, 6.07) is 4.43. The number of amides is 4. The van der Waals surface area contributed by atoms with E-state index >= 15 is 0 Å². The number of benzene rings is 1. The second kappa shape index (κ2) is 13.9. The fourth-order valence-electron chi connectivity index (χ4n) is 9.71. The van der Waals surface area contributed by atoms with Crippen LogP contribution in [-0.4, -0.2) is 110 Å². The Morgan fingerprint density at radius 3 is 2.53 bits per heavy atom. The van der Waals surface area contributed by atoms with Crippen molar-refractivity contribution in [2.24, 2.45) is 17.8 Å². The van der Waals surface area contributed by atoms with E-state index in [0.29, 0.717) is 56.6 Å². The largest absolute Gasteiger partial charge is 0.464 e. The summed E-state index contributed by atoms with van der Waals surface area (Å²) in [5.41, 5.74) is -0.496. The molecule has 0 saturated carbocycles. The minimum absolute atomic E-state index is 0.0235. The molecule has 0 radical (unpaired) electrons. The molecule has 11 nitrogen and oxygen atoms in total. The predicted molar refractivity (Wildman–Crippen MR) is 188 cm³/mol. The van der Waals surface area contributed by atoms with Gasteiger partial charge in [0.05, 0.1) is 18.7 Å². The molecule has 51 heavy (non-hydrogen) atoms. The van der Waals surface area contributed by atoms with Gasteiger partial charge in [0, 0.05) is 36.4 Å². The van der Waals surface area contributed by atoms with Crippen LogP contribution in [0.15, 0.2) is 48.6 Å². The van der Waals surface area contributed by atoms with Crippen molar-refractivity contribution in [3.63, 3.8) is 0 Å². The second-order valence-electron chi connectivity index (χ2n) is 15.2. The van der Waals surface area contributed by atoms with E-state index in [1.165, 1.54) is 6.92 Å². The molecular formula is C39H47ClN4O7.